The van der Waals surface area contributed by atoms with E-state index in [2.05, 4.69) is 9.80 Å². The average Bonchev–Trinajstić information content (AvgIpc) is 2.69. The summed E-state index contributed by atoms with van der Waals surface area (Å²) < 4.78 is 0. The molecule has 0 spiro atoms. The second-order valence-corrected chi connectivity index (χ2v) is 8.87. The topological polar surface area (TPSA) is 40.6 Å². The summed E-state index contributed by atoms with van der Waals surface area (Å²) in [6, 6.07) is 8.03. The molecule has 5 heteroatoms. The highest BCUT2D eigenvalue weighted by atomic mass is 32.2. The first kappa shape index (κ1) is 18.1. The minimum absolute atomic E-state index is 0.143. The van der Waals surface area contributed by atoms with Crippen LogP contribution in [0.2, 0.25) is 0 Å². The first-order valence-corrected chi connectivity index (χ1v) is 11.1. The van der Waals surface area contributed by atoms with Gasteiger partial charge in [0.1, 0.15) is 0 Å². The van der Waals surface area contributed by atoms with Crippen LogP contribution in [-0.4, -0.2) is 65.2 Å². The van der Waals surface area contributed by atoms with Gasteiger partial charge in [0.15, 0.2) is 5.78 Å². The van der Waals surface area contributed by atoms with Gasteiger partial charge in [0.05, 0.1) is 12.0 Å². The van der Waals surface area contributed by atoms with Crippen molar-refractivity contribution in [3.63, 3.8) is 0 Å². The van der Waals surface area contributed by atoms with Crippen molar-refractivity contribution in [2.45, 2.75) is 44.1 Å². The lowest BCUT2D eigenvalue weighted by Crippen LogP contribution is -2.53. The molecule has 2 atom stereocenters. The van der Waals surface area contributed by atoms with Crippen LogP contribution in [0.4, 0.5) is 0 Å². The number of likely N-dealkylation sites (tertiary alicyclic amines) is 1. The first-order chi connectivity index (χ1) is 12.7. The van der Waals surface area contributed by atoms with E-state index in [4.69, 9.17) is 0 Å². The Kier molecular flexibility index (Phi) is 5.65. The van der Waals surface area contributed by atoms with Crippen molar-refractivity contribution in [3.05, 3.63) is 35.4 Å². The molecule has 0 saturated carbocycles. The second-order valence-electron chi connectivity index (χ2n) is 7.72. The lowest BCUT2D eigenvalue weighted by Gasteiger charge is -2.41. The van der Waals surface area contributed by atoms with E-state index in [0.29, 0.717) is 18.9 Å². The fourth-order valence-electron chi connectivity index (χ4n) is 4.61. The van der Waals surface area contributed by atoms with Gasteiger partial charge in [-0.05, 0) is 37.9 Å². The summed E-state index contributed by atoms with van der Waals surface area (Å²) in [5.74, 6) is 2.34. The number of hydrogen-bond donors (Lipinski definition) is 0. The van der Waals surface area contributed by atoms with E-state index in [-0.39, 0.29) is 17.6 Å². The van der Waals surface area contributed by atoms with Crippen molar-refractivity contribution in [1.29, 1.82) is 0 Å². The Morgan fingerprint density at radius 2 is 1.92 bits per heavy atom. The van der Waals surface area contributed by atoms with Crippen molar-refractivity contribution >= 4 is 23.5 Å². The minimum Gasteiger partial charge on any atom is -0.336 e. The highest BCUT2D eigenvalue weighted by Gasteiger charge is 2.37. The van der Waals surface area contributed by atoms with Crippen molar-refractivity contribution in [1.82, 2.24) is 9.80 Å². The molecule has 140 valence electrons. The van der Waals surface area contributed by atoms with Crippen molar-refractivity contribution in [2.75, 3.05) is 37.7 Å². The fourth-order valence-corrected chi connectivity index (χ4v) is 5.66. The number of piperidine rings is 1. The smallest absolute Gasteiger partial charge is 0.230 e. The number of nitrogens with zero attached hydrogens (tertiary/aromatic N) is 2. The van der Waals surface area contributed by atoms with Crippen LogP contribution in [0.1, 0.15) is 53.9 Å². The number of ketones is 1. The summed E-state index contributed by atoms with van der Waals surface area (Å²) in [5.41, 5.74) is 1.71. The predicted octanol–water partition coefficient (Wildman–Crippen LogP) is 3.18. The van der Waals surface area contributed by atoms with E-state index >= 15 is 0 Å². The third kappa shape index (κ3) is 3.70. The van der Waals surface area contributed by atoms with Gasteiger partial charge in [-0.3, -0.25) is 9.59 Å². The molecule has 3 aliphatic rings. The molecule has 1 aliphatic carbocycles. The predicted molar refractivity (Wildman–Crippen MR) is 106 cm³/mol. The maximum atomic E-state index is 13.5. The number of rotatable bonds is 3. The highest BCUT2D eigenvalue weighted by molar-refractivity contribution is 7.99. The molecule has 0 bridgehead atoms. The lowest BCUT2D eigenvalue weighted by molar-refractivity contribution is -0.135. The van der Waals surface area contributed by atoms with Gasteiger partial charge in [0, 0.05) is 36.6 Å². The molecule has 4 nitrogen and oxygen atoms in total. The Labute approximate surface area is 160 Å². The van der Waals surface area contributed by atoms with Crippen LogP contribution in [0.15, 0.2) is 24.3 Å². The van der Waals surface area contributed by atoms with Crippen molar-refractivity contribution in [2.24, 2.45) is 0 Å². The summed E-state index contributed by atoms with van der Waals surface area (Å²) in [6.45, 7) is 4.19. The summed E-state index contributed by atoms with van der Waals surface area (Å²) >= 11 is 1.97. The summed E-state index contributed by atoms with van der Waals surface area (Å²) in [7, 11) is 0. The summed E-state index contributed by atoms with van der Waals surface area (Å²) in [6.07, 6.45) is 5.06. The molecular weight excluding hydrogens is 344 g/mol. The zero-order chi connectivity index (χ0) is 17.9. The Bertz CT molecular complexity index is 672. The number of thioether (sulfide) groups is 1. The maximum absolute atomic E-state index is 13.5. The van der Waals surface area contributed by atoms with Crippen LogP contribution in [0, 0.1) is 0 Å². The SMILES string of the molecule is O=C1CCC(C(=O)N2CCSCC2CN2CCCCC2)c2ccccc21. The number of carbonyl (C=O) groups is 2. The number of Topliss-reactive ketones (excluding diaryl/α,β-unsaturated/α-hetero) is 1. The van der Waals surface area contributed by atoms with Crippen molar-refractivity contribution in [3.8, 4) is 0 Å². The molecule has 2 heterocycles. The standard InChI is InChI=1S/C21H28N2O2S/c24-20-9-8-19(17-6-2-3-7-18(17)20)21(25)23-12-13-26-15-16(23)14-22-10-4-1-5-11-22/h2-3,6-7,16,19H,1,4-5,8-15H2. The van der Waals surface area contributed by atoms with Crippen LogP contribution in [0.3, 0.4) is 0 Å². The molecule has 0 radical (unpaired) electrons. The Morgan fingerprint density at radius 3 is 2.77 bits per heavy atom. The largest absolute Gasteiger partial charge is 0.336 e. The monoisotopic (exact) mass is 372 g/mol. The second kappa shape index (κ2) is 8.13. The van der Waals surface area contributed by atoms with Crippen LogP contribution in [-0.2, 0) is 4.79 Å². The Balaban J connectivity index is 1.52. The number of carbonyl (C=O) groups excluding carboxylic acids is 2. The lowest BCUT2D eigenvalue weighted by atomic mass is 9.81. The summed E-state index contributed by atoms with van der Waals surface area (Å²) in [5, 5.41) is 0. The van der Waals surface area contributed by atoms with E-state index in [1.165, 1.54) is 32.4 Å². The van der Waals surface area contributed by atoms with Crippen LogP contribution in [0.25, 0.3) is 0 Å². The van der Waals surface area contributed by atoms with Crippen LogP contribution < -0.4 is 0 Å². The highest BCUT2D eigenvalue weighted by Crippen LogP contribution is 2.34. The van der Waals surface area contributed by atoms with E-state index in [1.54, 1.807) is 0 Å². The number of hydrogen-bond acceptors (Lipinski definition) is 4. The number of benzene rings is 1. The molecule has 1 aromatic rings. The van der Waals surface area contributed by atoms with Gasteiger partial charge in [-0.15, -0.1) is 0 Å². The molecule has 0 aromatic heterocycles. The van der Waals surface area contributed by atoms with Gasteiger partial charge in [0.2, 0.25) is 5.91 Å². The molecule has 1 amide bonds. The number of fused-ring (bicyclic) bond motifs is 1. The van der Waals surface area contributed by atoms with Gasteiger partial charge in [-0.1, -0.05) is 30.7 Å². The molecule has 26 heavy (non-hydrogen) atoms. The first-order valence-electron chi connectivity index (χ1n) is 9.97. The zero-order valence-corrected chi connectivity index (χ0v) is 16.2. The molecule has 4 rings (SSSR count). The Hall–Kier alpha value is -1.33. The van der Waals surface area contributed by atoms with Gasteiger partial charge in [-0.2, -0.15) is 11.8 Å². The quantitative estimate of drug-likeness (QED) is 0.817. The van der Waals surface area contributed by atoms with E-state index < -0.39 is 0 Å². The van der Waals surface area contributed by atoms with E-state index in [0.717, 1.165) is 35.7 Å². The number of amides is 1. The van der Waals surface area contributed by atoms with Gasteiger partial charge in [-0.25, -0.2) is 0 Å². The van der Waals surface area contributed by atoms with Crippen LogP contribution in [0.5, 0.6) is 0 Å². The third-order valence-electron chi connectivity index (χ3n) is 6.02. The van der Waals surface area contributed by atoms with Crippen molar-refractivity contribution < 1.29 is 9.59 Å². The normalized spacial score (nSPS) is 27.2. The third-order valence-corrected chi connectivity index (χ3v) is 7.11. The molecule has 2 fully saturated rings. The fraction of sp³-hybridized carbons (Fsp3) is 0.619. The van der Waals surface area contributed by atoms with Crippen LogP contribution >= 0.6 is 11.8 Å². The maximum Gasteiger partial charge on any atom is 0.230 e. The molecule has 0 N–H and O–H groups in total. The minimum atomic E-state index is -0.143. The van der Waals surface area contributed by atoms with Gasteiger partial charge in [0.25, 0.3) is 0 Å². The molecule has 2 saturated heterocycles. The van der Waals surface area contributed by atoms with Gasteiger partial charge < -0.3 is 9.80 Å². The Morgan fingerprint density at radius 1 is 1.12 bits per heavy atom. The molecule has 1 aromatic carbocycles. The zero-order valence-electron chi connectivity index (χ0n) is 15.4. The van der Waals surface area contributed by atoms with E-state index in [1.807, 2.05) is 36.0 Å². The van der Waals surface area contributed by atoms with Gasteiger partial charge >= 0.3 is 0 Å². The van der Waals surface area contributed by atoms with E-state index in [9.17, 15) is 9.59 Å². The average molecular weight is 373 g/mol. The summed E-state index contributed by atoms with van der Waals surface area (Å²) in [4.78, 5) is 30.4. The molecule has 2 unspecified atom stereocenters. The molecular formula is C21H28N2O2S. The molecule has 2 aliphatic heterocycles.